The van der Waals surface area contributed by atoms with Gasteiger partial charge in [-0.05, 0) is 25.2 Å². The molecule has 1 N–H and O–H groups in total. The van der Waals surface area contributed by atoms with E-state index in [4.69, 9.17) is 0 Å². The molecule has 0 saturated carbocycles. The van der Waals surface area contributed by atoms with Crippen molar-refractivity contribution in [2.24, 2.45) is 0 Å². The molecular formula is C15H17N5O2S3. The van der Waals surface area contributed by atoms with Gasteiger partial charge in [0, 0.05) is 4.88 Å². The zero-order valence-electron chi connectivity index (χ0n) is 14.0. The average molecular weight is 396 g/mol. The molecule has 0 spiro atoms. The molecule has 3 rings (SSSR count). The van der Waals surface area contributed by atoms with Gasteiger partial charge in [-0.25, -0.2) is 4.98 Å². The van der Waals surface area contributed by atoms with Crippen molar-refractivity contribution in [2.45, 2.75) is 38.4 Å². The summed E-state index contributed by atoms with van der Waals surface area (Å²) in [5.74, 6) is -0.316. The van der Waals surface area contributed by atoms with Crippen LogP contribution in [-0.2, 0) is 24.2 Å². The van der Waals surface area contributed by atoms with E-state index in [0.29, 0.717) is 15.7 Å². The summed E-state index contributed by atoms with van der Waals surface area (Å²) in [4.78, 5) is 31.5. The Bertz CT molecular complexity index is 975. The summed E-state index contributed by atoms with van der Waals surface area (Å²) in [5.41, 5.74) is -0.188. The molecule has 7 nitrogen and oxygen atoms in total. The number of aromatic nitrogens is 4. The second-order valence-electron chi connectivity index (χ2n) is 5.18. The lowest BCUT2D eigenvalue weighted by Crippen LogP contribution is -2.29. The fraction of sp³-hybridized carbons (Fsp3) is 0.400. The Morgan fingerprint density at radius 1 is 1.28 bits per heavy atom. The number of thioether (sulfide) groups is 1. The summed E-state index contributed by atoms with van der Waals surface area (Å²) < 4.78 is 1.41. The molecule has 10 heteroatoms. The summed E-state index contributed by atoms with van der Waals surface area (Å²) in [6, 6.07) is 1.87. The maximum absolute atomic E-state index is 12.8. The summed E-state index contributed by atoms with van der Waals surface area (Å²) in [7, 11) is 0. The fourth-order valence-corrected chi connectivity index (χ4v) is 4.53. The van der Waals surface area contributed by atoms with Crippen molar-refractivity contribution in [3.63, 3.8) is 0 Å². The molecule has 0 atom stereocenters. The standard InChI is InChI=1S/C15H17N5O2S3/c1-4-8-6-9-12(24-8)17-15(23-3)20(13(9)22)7-10(21)16-14-19-18-11(5-2)25-14/h6H,4-5,7H2,1-3H3,(H,16,19,21). The number of rotatable bonds is 6. The summed E-state index contributed by atoms with van der Waals surface area (Å²) in [6.07, 6.45) is 3.46. The highest BCUT2D eigenvalue weighted by atomic mass is 32.2. The Hall–Kier alpha value is -1.78. The number of hydrogen-bond acceptors (Lipinski definition) is 8. The molecule has 0 saturated heterocycles. The SMILES string of the molecule is CCc1cc2c(=O)n(CC(=O)Nc3nnc(CC)s3)c(SC)nc2s1. The van der Waals surface area contributed by atoms with Crippen molar-refractivity contribution < 1.29 is 4.79 Å². The van der Waals surface area contributed by atoms with Crippen LogP contribution >= 0.6 is 34.4 Å². The van der Waals surface area contributed by atoms with Crippen LogP contribution in [0.1, 0.15) is 23.7 Å². The minimum atomic E-state index is -0.316. The summed E-state index contributed by atoms with van der Waals surface area (Å²) in [6.45, 7) is 3.91. The van der Waals surface area contributed by atoms with E-state index in [1.165, 1.54) is 39.0 Å². The van der Waals surface area contributed by atoms with Crippen LogP contribution in [0.15, 0.2) is 16.0 Å². The third-order valence-electron chi connectivity index (χ3n) is 3.52. The lowest BCUT2D eigenvalue weighted by atomic mass is 10.3. The van der Waals surface area contributed by atoms with Crippen molar-refractivity contribution >= 4 is 55.7 Å². The number of fused-ring (bicyclic) bond motifs is 1. The Kier molecular flexibility index (Phi) is 5.50. The number of thiophene rings is 1. The normalized spacial score (nSPS) is 11.2. The second-order valence-corrected chi connectivity index (χ2v) is 8.13. The monoisotopic (exact) mass is 395 g/mol. The molecule has 0 aliphatic rings. The topological polar surface area (TPSA) is 89.8 Å². The highest BCUT2D eigenvalue weighted by Crippen LogP contribution is 2.24. The third kappa shape index (κ3) is 3.75. The van der Waals surface area contributed by atoms with Crippen LogP contribution in [-0.4, -0.2) is 31.9 Å². The van der Waals surface area contributed by atoms with Crippen molar-refractivity contribution in [3.8, 4) is 0 Å². The molecule has 0 bridgehead atoms. The molecule has 132 valence electrons. The predicted octanol–water partition coefficient (Wildman–Crippen LogP) is 2.79. The van der Waals surface area contributed by atoms with E-state index in [0.717, 1.165) is 27.6 Å². The number of hydrogen-bond donors (Lipinski definition) is 1. The van der Waals surface area contributed by atoms with Crippen LogP contribution in [0.5, 0.6) is 0 Å². The lowest BCUT2D eigenvalue weighted by Gasteiger charge is -2.09. The Morgan fingerprint density at radius 3 is 2.72 bits per heavy atom. The first-order valence-electron chi connectivity index (χ1n) is 7.75. The molecule has 0 aliphatic heterocycles. The van der Waals surface area contributed by atoms with Gasteiger partial charge in [-0.1, -0.05) is 36.9 Å². The van der Waals surface area contributed by atoms with E-state index in [1.54, 1.807) is 0 Å². The smallest absolute Gasteiger partial charge is 0.263 e. The zero-order valence-corrected chi connectivity index (χ0v) is 16.5. The second kappa shape index (κ2) is 7.63. The van der Waals surface area contributed by atoms with E-state index in [-0.39, 0.29) is 18.0 Å². The van der Waals surface area contributed by atoms with Gasteiger partial charge < -0.3 is 0 Å². The van der Waals surface area contributed by atoms with Gasteiger partial charge in [0.1, 0.15) is 16.4 Å². The molecule has 25 heavy (non-hydrogen) atoms. The van der Waals surface area contributed by atoms with Gasteiger partial charge in [0.15, 0.2) is 5.16 Å². The van der Waals surface area contributed by atoms with E-state index in [2.05, 4.69) is 20.5 Å². The van der Waals surface area contributed by atoms with Gasteiger partial charge in [-0.15, -0.1) is 21.5 Å². The van der Waals surface area contributed by atoms with E-state index in [9.17, 15) is 9.59 Å². The van der Waals surface area contributed by atoms with Gasteiger partial charge in [0.2, 0.25) is 11.0 Å². The molecule has 0 aromatic carbocycles. The van der Waals surface area contributed by atoms with Crippen LogP contribution in [0.2, 0.25) is 0 Å². The number of aryl methyl sites for hydroxylation is 2. The minimum Gasteiger partial charge on any atom is -0.299 e. The van der Waals surface area contributed by atoms with Crippen LogP contribution in [0.3, 0.4) is 0 Å². The molecule has 0 fully saturated rings. The Morgan fingerprint density at radius 2 is 2.08 bits per heavy atom. The maximum Gasteiger partial charge on any atom is 0.263 e. The molecule has 3 heterocycles. The number of nitrogens with one attached hydrogen (secondary N) is 1. The van der Waals surface area contributed by atoms with Crippen LogP contribution < -0.4 is 10.9 Å². The van der Waals surface area contributed by atoms with E-state index in [1.807, 2.05) is 26.2 Å². The van der Waals surface area contributed by atoms with E-state index >= 15 is 0 Å². The number of nitrogens with zero attached hydrogens (tertiary/aromatic N) is 4. The largest absolute Gasteiger partial charge is 0.299 e. The first kappa shape index (κ1) is 18.0. The van der Waals surface area contributed by atoms with Gasteiger partial charge in [-0.3, -0.25) is 19.5 Å². The molecule has 1 amide bonds. The Balaban J connectivity index is 1.90. The van der Waals surface area contributed by atoms with E-state index < -0.39 is 0 Å². The molecule has 0 unspecified atom stereocenters. The van der Waals surface area contributed by atoms with Gasteiger partial charge in [0.25, 0.3) is 5.56 Å². The highest BCUT2D eigenvalue weighted by molar-refractivity contribution is 7.98. The van der Waals surface area contributed by atoms with Crippen molar-refractivity contribution in [3.05, 3.63) is 26.3 Å². The third-order valence-corrected chi connectivity index (χ3v) is 6.35. The van der Waals surface area contributed by atoms with Gasteiger partial charge >= 0.3 is 0 Å². The molecule has 3 aromatic rings. The number of carbonyl (C=O) groups excluding carboxylic acids is 1. The number of anilines is 1. The van der Waals surface area contributed by atoms with Crippen molar-refractivity contribution in [1.82, 2.24) is 19.7 Å². The van der Waals surface area contributed by atoms with Crippen molar-refractivity contribution in [1.29, 1.82) is 0 Å². The number of amides is 1. The minimum absolute atomic E-state index is 0.101. The predicted molar refractivity (Wildman–Crippen MR) is 103 cm³/mol. The van der Waals surface area contributed by atoms with Crippen molar-refractivity contribution in [2.75, 3.05) is 11.6 Å². The highest BCUT2D eigenvalue weighted by Gasteiger charge is 2.16. The molecular weight excluding hydrogens is 378 g/mol. The summed E-state index contributed by atoms with van der Waals surface area (Å²) >= 11 is 4.21. The first-order valence-corrected chi connectivity index (χ1v) is 10.6. The summed E-state index contributed by atoms with van der Waals surface area (Å²) in [5, 5.41) is 13.0. The molecule has 0 aliphatic carbocycles. The van der Waals surface area contributed by atoms with Crippen LogP contribution in [0.4, 0.5) is 5.13 Å². The van der Waals surface area contributed by atoms with Gasteiger partial charge in [-0.2, -0.15) is 0 Å². The Labute approximate surface area is 156 Å². The fourth-order valence-electron chi connectivity index (χ4n) is 2.27. The lowest BCUT2D eigenvalue weighted by molar-refractivity contribution is -0.116. The average Bonchev–Trinajstić information content (AvgIpc) is 3.23. The maximum atomic E-state index is 12.8. The number of carbonyl (C=O) groups is 1. The zero-order chi connectivity index (χ0) is 18.0. The molecule has 3 aromatic heterocycles. The molecule has 0 radical (unpaired) electrons. The quantitative estimate of drug-likeness (QED) is 0.510. The van der Waals surface area contributed by atoms with Gasteiger partial charge in [0.05, 0.1) is 5.39 Å². The van der Waals surface area contributed by atoms with Crippen LogP contribution in [0.25, 0.3) is 10.2 Å². The van der Waals surface area contributed by atoms with Crippen LogP contribution in [0, 0.1) is 0 Å². The first-order chi connectivity index (χ1) is 12.0.